The molecule has 0 atom stereocenters. The van der Waals surface area contributed by atoms with Crippen LogP contribution in [0.25, 0.3) is 0 Å². The zero-order valence-electron chi connectivity index (χ0n) is 13.9. The van der Waals surface area contributed by atoms with E-state index in [0.29, 0.717) is 38.3 Å². The SMILES string of the molecule is N#Cc1ccccc1CN1CCN(S(=O)(=O)c2cccc(Cl)c2Cl)CC1. The molecule has 1 aliphatic heterocycles. The lowest BCUT2D eigenvalue weighted by atomic mass is 10.1. The van der Waals surface area contributed by atoms with E-state index in [2.05, 4.69) is 11.0 Å². The summed E-state index contributed by atoms with van der Waals surface area (Å²) < 4.78 is 27.1. The Morgan fingerprint density at radius 3 is 2.38 bits per heavy atom. The highest BCUT2D eigenvalue weighted by Crippen LogP contribution is 2.31. The number of nitrogens with zero attached hydrogens (tertiary/aromatic N) is 3. The maximum Gasteiger partial charge on any atom is 0.244 e. The molecule has 1 heterocycles. The summed E-state index contributed by atoms with van der Waals surface area (Å²) in [6.07, 6.45) is 0. The van der Waals surface area contributed by atoms with Crippen LogP contribution in [-0.2, 0) is 16.6 Å². The molecule has 2 aromatic carbocycles. The number of sulfonamides is 1. The third-order valence-corrected chi connectivity index (χ3v) is 7.27. The third kappa shape index (κ3) is 3.88. The van der Waals surface area contributed by atoms with E-state index in [-0.39, 0.29) is 14.9 Å². The van der Waals surface area contributed by atoms with Gasteiger partial charge in [0.05, 0.1) is 21.7 Å². The summed E-state index contributed by atoms with van der Waals surface area (Å²) in [5, 5.41) is 9.47. The number of hydrogen-bond donors (Lipinski definition) is 0. The topological polar surface area (TPSA) is 64.4 Å². The highest BCUT2D eigenvalue weighted by atomic mass is 35.5. The van der Waals surface area contributed by atoms with Gasteiger partial charge >= 0.3 is 0 Å². The van der Waals surface area contributed by atoms with Gasteiger partial charge in [0.15, 0.2) is 0 Å². The fourth-order valence-corrected chi connectivity index (χ4v) is 5.12. The number of hydrogen-bond acceptors (Lipinski definition) is 4. The summed E-state index contributed by atoms with van der Waals surface area (Å²) in [6.45, 7) is 2.50. The highest BCUT2D eigenvalue weighted by Gasteiger charge is 2.30. The van der Waals surface area contributed by atoms with Gasteiger partial charge in [-0.25, -0.2) is 8.42 Å². The zero-order chi connectivity index (χ0) is 18.7. The first-order chi connectivity index (χ1) is 12.4. The second-order valence-electron chi connectivity index (χ2n) is 6.00. The van der Waals surface area contributed by atoms with Crippen LogP contribution in [0.5, 0.6) is 0 Å². The van der Waals surface area contributed by atoms with Crippen molar-refractivity contribution in [3.05, 3.63) is 63.6 Å². The smallest absolute Gasteiger partial charge is 0.244 e. The molecule has 2 aromatic rings. The van der Waals surface area contributed by atoms with Crippen LogP contribution in [0.3, 0.4) is 0 Å². The Kier molecular flexibility index (Phi) is 5.86. The molecule has 3 rings (SSSR count). The quantitative estimate of drug-likeness (QED) is 0.776. The van der Waals surface area contributed by atoms with Crippen molar-refractivity contribution in [2.45, 2.75) is 11.4 Å². The molecular weight excluding hydrogens is 393 g/mol. The summed E-state index contributed by atoms with van der Waals surface area (Å²) in [5.41, 5.74) is 1.59. The molecule has 1 fully saturated rings. The maximum absolute atomic E-state index is 12.8. The van der Waals surface area contributed by atoms with Gasteiger partial charge in [-0.15, -0.1) is 0 Å². The molecule has 0 N–H and O–H groups in total. The first kappa shape index (κ1) is 19.2. The molecule has 0 radical (unpaired) electrons. The van der Waals surface area contributed by atoms with Crippen LogP contribution < -0.4 is 0 Å². The summed E-state index contributed by atoms with van der Waals surface area (Å²) in [6, 6.07) is 14.3. The van der Waals surface area contributed by atoms with E-state index < -0.39 is 10.0 Å². The Bertz CT molecular complexity index is 949. The molecule has 0 unspecified atom stereocenters. The van der Waals surface area contributed by atoms with Gasteiger partial charge in [0.1, 0.15) is 4.90 Å². The van der Waals surface area contributed by atoms with E-state index in [1.807, 2.05) is 18.2 Å². The van der Waals surface area contributed by atoms with Gasteiger partial charge in [-0.05, 0) is 23.8 Å². The van der Waals surface area contributed by atoms with Crippen molar-refractivity contribution in [1.29, 1.82) is 5.26 Å². The van der Waals surface area contributed by atoms with Crippen LogP contribution in [-0.4, -0.2) is 43.8 Å². The second-order valence-corrected chi connectivity index (χ2v) is 8.69. The molecule has 1 aliphatic rings. The second kappa shape index (κ2) is 7.95. The molecule has 0 saturated carbocycles. The lowest BCUT2D eigenvalue weighted by molar-refractivity contribution is 0.181. The van der Waals surface area contributed by atoms with Gasteiger partial charge in [-0.2, -0.15) is 9.57 Å². The van der Waals surface area contributed by atoms with Crippen molar-refractivity contribution in [2.75, 3.05) is 26.2 Å². The van der Waals surface area contributed by atoms with Crippen LogP contribution in [0, 0.1) is 11.3 Å². The zero-order valence-corrected chi connectivity index (χ0v) is 16.2. The lowest BCUT2D eigenvalue weighted by Gasteiger charge is -2.34. The average Bonchev–Trinajstić information content (AvgIpc) is 2.65. The van der Waals surface area contributed by atoms with Crippen molar-refractivity contribution in [3.63, 3.8) is 0 Å². The molecule has 0 amide bonds. The minimum Gasteiger partial charge on any atom is -0.296 e. The summed E-state index contributed by atoms with van der Waals surface area (Å²) in [4.78, 5) is 2.18. The Hall–Kier alpha value is -1.62. The highest BCUT2D eigenvalue weighted by molar-refractivity contribution is 7.89. The van der Waals surface area contributed by atoms with Crippen molar-refractivity contribution in [3.8, 4) is 6.07 Å². The normalized spacial score (nSPS) is 16.3. The van der Waals surface area contributed by atoms with Crippen LogP contribution in [0.2, 0.25) is 10.0 Å². The average molecular weight is 410 g/mol. The molecule has 0 aromatic heterocycles. The van der Waals surface area contributed by atoms with Crippen molar-refractivity contribution in [1.82, 2.24) is 9.21 Å². The molecular formula is C18H17Cl2N3O2S. The van der Waals surface area contributed by atoms with Crippen LogP contribution in [0.15, 0.2) is 47.4 Å². The molecule has 8 heteroatoms. The Morgan fingerprint density at radius 1 is 1.00 bits per heavy atom. The predicted octanol–water partition coefficient (Wildman–Crippen LogP) is 3.37. The largest absolute Gasteiger partial charge is 0.296 e. The van der Waals surface area contributed by atoms with Crippen molar-refractivity contribution >= 4 is 33.2 Å². The number of piperazine rings is 1. The molecule has 0 spiro atoms. The summed E-state index contributed by atoms with van der Waals surface area (Å²) in [7, 11) is -3.69. The molecule has 1 saturated heterocycles. The van der Waals surface area contributed by atoms with Crippen molar-refractivity contribution in [2.24, 2.45) is 0 Å². The van der Waals surface area contributed by atoms with Crippen LogP contribution in [0.1, 0.15) is 11.1 Å². The van der Waals surface area contributed by atoms with Gasteiger partial charge in [-0.3, -0.25) is 4.90 Å². The lowest BCUT2D eigenvalue weighted by Crippen LogP contribution is -2.48. The first-order valence-corrected chi connectivity index (χ1v) is 10.3. The molecule has 136 valence electrons. The van der Waals surface area contributed by atoms with Gasteiger partial charge in [-0.1, -0.05) is 47.5 Å². The van der Waals surface area contributed by atoms with E-state index >= 15 is 0 Å². The molecule has 26 heavy (non-hydrogen) atoms. The van der Waals surface area contributed by atoms with E-state index in [0.717, 1.165) is 5.56 Å². The van der Waals surface area contributed by atoms with Gasteiger partial charge in [0.25, 0.3) is 0 Å². The van der Waals surface area contributed by atoms with E-state index in [1.54, 1.807) is 18.2 Å². The van der Waals surface area contributed by atoms with Crippen LogP contribution in [0.4, 0.5) is 0 Å². The van der Waals surface area contributed by atoms with Crippen molar-refractivity contribution < 1.29 is 8.42 Å². The van der Waals surface area contributed by atoms with Crippen LogP contribution >= 0.6 is 23.2 Å². The fourth-order valence-electron chi connectivity index (χ4n) is 2.96. The third-order valence-electron chi connectivity index (χ3n) is 4.40. The monoisotopic (exact) mass is 409 g/mol. The van der Waals surface area contributed by atoms with E-state index in [9.17, 15) is 13.7 Å². The first-order valence-electron chi connectivity index (χ1n) is 8.08. The summed E-state index contributed by atoms with van der Waals surface area (Å²) >= 11 is 12.0. The van der Waals surface area contributed by atoms with Gasteiger partial charge in [0, 0.05) is 32.7 Å². The number of benzene rings is 2. The minimum atomic E-state index is -3.69. The minimum absolute atomic E-state index is 0.0370. The summed E-state index contributed by atoms with van der Waals surface area (Å²) in [5.74, 6) is 0. The van der Waals surface area contributed by atoms with E-state index in [4.69, 9.17) is 23.2 Å². The number of rotatable bonds is 4. The Morgan fingerprint density at radius 2 is 1.69 bits per heavy atom. The molecule has 0 bridgehead atoms. The Labute approximate surface area is 163 Å². The van der Waals surface area contributed by atoms with Gasteiger partial charge in [0.2, 0.25) is 10.0 Å². The van der Waals surface area contributed by atoms with Gasteiger partial charge < -0.3 is 0 Å². The number of nitriles is 1. The number of halogens is 2. The predicted molar refractivity (Wildman–Crippen MR) is 102 cm³/mol. The Balaban J connectivity index is 1.70. The molecule has 0 aliphatic carbocycles. The molecule has 5 nitrogen and oxygen atoms in total. The fraction of sp³-hybridized carbons (Fsp3) is 0.278. The standard InChI is InChI=1S/C18H17Cl2N3O2S/c19-16-6-3-7-17(18(16)20)26(24,25)23-10-8-22(9-11-23)13-15-5-2-1-4-14(15)12-21/h1-7H,8-11,13H2. The van der Waals surface area contributed by atoms with E-state index in [1.165, 1.54) is 10.4 Å². The maximum atomic E-state index is 12.8.